The van der Waals surface area contributed by atoms with Gasteiger partial charge < -0.3 is 20.5 Å². The number of benzene rings is 1. The van der Waals surface area contributed by atoms with Crippen molar-refractivity contribution < 1.29 is 14.3 Å². The van der Waals surface area contributed by atoms with Crippen molar-refractivity contribution in [1.29, 1.82) is 0 Å². The molecule has 2 aromatic heterocycles. The fraction of sp³-hybridized carbons (Fsp3) is 0.278. The first-order valence-electron chi connectivity index (χ1n) is 8.17. The Hall–Kier alpha value is -2.55. The van der Waals surface area contributed by atoms with Gasteiger partial charge in [-0.25, -0.2) is 9.97 Å². The molecule has 0 bridgehead atoms. The van der Waals surface area contributed by atoms with Gasteiger partial charge in [0, 0.05) is 23.7 Å². The summed E-state index contributed by atoms with van der Waals surface area (Å²) in [5.41, 5.74) is 4.96. The van der Waals surface area contributed by atoms with E-state index in [9.17, 15) is 4.79 Å². The first-order chi connectivity index (χ1) is 12.7. The van der Waals surface area contributed by atoms with E-state index in [4.69, 9.17) is 15.2 Å². The topological polar surface area (TPSA) is 99.4 Å². The summed E-state index contributed by atoms with van der Waals surface area (Å²) in [5.74, 6) is 0.371. The number of nitrogens with zero attached hydrogens (tertiary/aromatic N) is 2. The molecule has 0 radical (unpaired) electrons. The maximum atomic E-state index is 12.7. The number of rotatable bonds is 4. The highest BCUT2D eigenvalue weighted by molar-refractivity contribution is 7.16. The largest absolute Gasteiger partial charge is 0.496 e. The number of nitrogens with two attached hydrogens (primary N) is 1. The second-order valence-corrected chi connectivity index (χ2v) is 6.84. The van der Waals surface area contributed by atoms with E-state index >= 15 is 0 Å². The van der Waals surface area contributed by atoms with Crippen LogP contribution in [0.3, 0.4) is 0 Å². The van der Waals surface area contributed by atoms with E-state index < -0.39 is 17.6 Å². The standard InChI is InChI=1S/C18H18N4O3S/c1-24-13-5-3-2-4-12(13)18(17(19)23)14(20-7-8-25-18)15-21-10-11-6-9-26-16(11)22-15/h2-6,9-10,14,20H,7-8H2,1H3,(H2,19,23). The molecule has 0 spiro atoms. The fourth-order valence-corrected chi connectivity index (χ4v) is 4.10. The SMILES string of the molecule is COc1ccccc1C1(C(N)=O)OCCNC1c1ncc2ccsc2n1. The van der Waals surface area contributed by atoms with Crippen molar-refractivity contribution in [1.82, 2.24) is 15.3 Å². The Kier molecular flexibility index (Phi) is 4.31. The Bertz CT molecular complexity index is 960. The predicted octanol–water partition coefficient (Wildman–Crippen LogP) is 1.74. The zero-order chi connectivity index (χ0) is 18.1. The summed E-state index contributed by atoms with van der Waals surface area (Å²) in [6.45, 7) is 0.888. The van der Waals surface area contributed by atoms with Crippen molar-refractivity contribution in [2.24, 2.45) is 5.73 Å². The minimum atomic E-state index is -1.46. The summed E-state index contributed by atoms with van der Waals surface area (Å²) >= 11 is 1.52. The van der Waals surface area contributed by atoms with Crippen LogP contribution in [0.2, 0.25) is 0 Å². The molecule has 3 N–H and O–H groups in total. The third-order valence-corrected chi connectivity index (χ3v) is 5.37. The molecule has 1 aromatic carbocycles. The number of hydrogen-bond acceptors (Lipinski definition) is 7. The number of morpholine rings is 1. The minimum absolute atomic E-state index is 0.332. The molecular formula is C18H18N4O3S. The average Bonchev–Trinajstić information content (AvgIpc) is 3.15. The van der Waals surface area contributed by atoms with Gasteiger partial charge in [0.2, 0.25) is 0 Å². The first-order valence-corrected chi connectivity index (χ1v) is 9.05. The number of hydrogen-bond donors (Lipinski definition) is 2. The van der Waals surface area contributed by atoms with Crippen molar-refractivity contribution >= 4 is 27.5 Å². The van der Waals surface area contributed by atoms with Crippen LogP contribution in [-0.4, -0.2) is 36.1 Å². The zero-order valence-corrected chi connectivity index (χ0v) is 15.0. The average molecular weight is 370 g/mol. The highest BCUT2D eigenvalue weighted by atomic mass is 32.1. The van der Waals surface area contributed by atoms with Crippen LogP contribution in [0, 0.1) is 0 Å². The van der Waals surface area contributed by atoms with E-state index in [0.717, 1.165) is 10.2 Å². The van der Waals surface area contributed by atoms with E-state index in [0.29, 0.717) is 30.3 Å². The third-order valence-electron chi connectivity index (χ3n) is 4.54. The van der Waals surface area contributed by atoms with E-state index in [1.807, 2.05) is 23.6 Å². The molecule has 2 atom stereocenters. The van der Waals surface area contributed by atoms with E-state index in [-0.39, 0.29) is 0 Å². The molecule has 2 unspecified atom stereocenters. The molecule has 26 heavy (non-hydrogen) atoms. The number of ether oxygens (including phenoxy) is 2. The van der Waals surface area contributed by atoms with Crippen molar-refractivity contribution in [3.05, 3.63) is 53.3 Å². The molecule has 0 aliphatic carbocycles. The number of fused-ring (bicyclic) bond motifs is 1. The predicted molar refractivity (Wildman–Crippen MR) is 98.0 cm³/mol. The number of aromatic nitrogens is 2. The first kappa shape index (κ1) is 16.9. The molecule has 0 saturated carbocycles. The molecule has 1 aliphatic rings. The molecule has 1 amide bonds. The maximum absolute atomic E-state index is 12.7. The van der Waals surface area contributed by atoms with Crippen LogP contribution in [0.4, 0.5) is 0 Å². The quantitative estimate of drug-likeness (QED) is 0.726. The van der Waals surface area contributed by atoms with Gasteiger partial charge in [-0.2, -0.15) is 0 Å². The monoisotopic (exact) mass is 370 g/mol. The Balaban J connectivity index is 1.91. The van der Waals surface area contributed by atoms with Crippen LogP contribution in [0.5, 0.6) is 5.75 Å². The molecule has 134 valence electrons. The third kappa shape index (κ3) is 2.54. The number of thiophene rings is 1. The number of para-hydroxylation sites is 1. The van der Waals surface area contributed by atoms with Crippen molar-refractivity contribution in [2.75, 3.05) is 20.3 Å². The van der Waals surface area contributed by atoms with Crippen LogP contribution in [0.1, 0.15) is 17.4 Å². The minimum Gasteiger partial charge on any atom is -0.496 e. The van der Waals surface area contributed by atoms with Gasteiger partial charge in [0.15, 0.2) is 11.4 Å². The second-order valence-electron chi connectivity index (χ2n) is 5.95. The molecule has 4 rings (SSSR count). The molecule has 1 saturated heterocycles. The summed E-state index contributed by atoms with van der Waals surface area (Å²) < 4.78 is 11.5. The Morgan fingerprint density at radius 3 is 3.08 bits per heavy atom. The number of primary amides is 1. The number of carbonyl (C=O) groups excluding carboxylic acids is 1. The Labute approximate surface area is 154 Å². The van der Waals surface area contributed by atoms with Gasteiger partial charge in [0.1, 0.15) is 16.6 Å². The summed E-state index contributed by atoms with van der Waals surface area (Å²) in [6, 6.07) is 8.54. The molecular weight excluding hydrogens is 352 g/mol. The second kappa shape index (κ2) is 6.64. The summed E-state index contributed by atoms with van der Waals surface area (Å²) in [7, 11) is 1.55. The van der Waals surface area contributed by atoms with E-state index in [1.54, 1.807) is 25.4 Å². The van der Waals surface area contributed by atoms with Gasteiger partial charge in [-0.3, -0.25) is 4.79 Å². The van der Waals surface area contributed by atoms with Gasteiger partial charge in [-0.1, -0.05) is 18.2 Å². The van der Waals surface area contributed by atoms with Gasteiger partial charge in [0.05, 0.1) is 13.7 Å². The number of amides is 1. The molecule has 1 aliphatic heterocycles. The molecule has 3 heterocycles. The van der Waals surface area contributed by atoms with Gasteiger partial charge in [-0.15, -0.1) is 11.3 Å². The van der Waals surface area contributed by atoms with Crippen molar-refractivity contribution in [3.63, 3.8) is 0 Å². The van der Waals surface area contributed by atoms with Crippen molar-refractivity contribution in [3.8, 4) is 5.75 Å². The van der Waals surface area contributed by atoms with Gasteiger partial charge in [-0.05, 0) is 17.5 Å². The molecule has 7 nitrogen and oxygen atoms in total. The van der Waals surface area contributed by atoms with Crippen molar-refractivity contribution in [2.45, 2.75) is 11.6 Å². The van der Waals surface area contributed by atoms with Gasteiger partial charge >= 0.3 is 0 Å². The summed E-state index contributed by atoms with van der Waals surface area (Å²) in [4.78, 5) is 22.6. The van der Waals surface area contributed by atoms with Crippen LogP contribution in [0.25, 0.3) is 10.2 Å². The summed E-state index contributed by atoms with van der Waals surface area (Å²) in [5, 5.41) is 6.22. The Morgan fingerprint density at radius 1 is 1.42 bits per heavy atom. The van der Waals surface area contributed by atoms with Crippen LogP contribution in [0.15, 0.2) is 41.9 Å². The molecule has 3 aromatic rings. The highest BCUT2D eigenvalue weighted by Gasteiger charge is 2.52. The van der Waals surface area contributed by atoms with Crippen LogP contribution < -0.4 is 15.8 Å². The Morgan fingerprint density at radius 2 is 2.27 bits per heavy atom. The lowest BCUT2D eigenvalue weighted by molar-refractivity contribution is -0.158. The fourth-order valence-electron chi connectivity index (χ4n) is 3.35. The normalized spacial score (nSPS) is 23.0. The summed E-state index contributed by atoms with van der Waals surface area (Å²) in [6.07, 6.45) is 1.75. The lowest BCUT2D eigenvalue weighted by Gasteiger charge is -2.41. The lowest BCUT2D eigenvalue weighted by atomic mass is 9.83. The van der Waals surface area contributed by atoms with E-state index in [2.05, 4.69) is 15.3 Å². The number of carbonyl (C=O) groups is 1. The maximum Gasteiger partial charge on any atom is 0.256 e. The molecule has 8 heteroatoms. The van der Waals surface area contributed by atoms with E-state index in [1.165, 1.54) is 11.3 Å². The van der Waals surface area contributed by atoms with Crippen LogP contribution >= 0.6 is 11.3 Å². The van der Waals surface area contributed by atoms with Crippen LogP contribution in [-0.2, 0) is 15.1 Å². The smallest absolute Gasteiger partial charge is 0.256 e. The lowest BCUT2D eigenvalue weighted by Crippen LogP contribution is -2.57. The van der Waals surface area contributed by atoms with Gasteiger partial charge in [0.25, 0.3) is 5.91 Å². The zero-order valence-electron chi connectivity index (χ0n) is 14.1. The number of methoxy groups -OCH3 is 1. The number of nitrogens with one attached hydrogen (secondary N) is 1. The highest BCUT2D eigenvalue weighted by Crippen LogP contribution is 2.43. The molecule has 1 fully saturated rings.